The fraction of sp³-hybridized carbons (Fsp3) is 0.273. The molecule has 0 aliphatic rings. The van der Waals surface area contributed by atoms with Gasteiger partial charge in [0.15, 0.2) is 0 Å². The second-order valence-corrected chi connectivity index (χ2v) is 5.74. The normalized spacial score (nSPS) is 11.3. The van der Waals surface area contributed by atoms with Crippen molar-refractivity contribution in [3.05, 3.63) is 23.6 Å². The lowest BCUT2D eigenvalue weighted by Gasteiger charge is -2.11. The summed E-state index contributed by atoms with van der Waals surface area (Å²) in [6, 6.07) is 2.64. The SMILES string of the molecule is COc1cc(C)c(N)cc1S(=O)(=O)Nc1nnc(C)o1. The molecule has 8 nitrogen and oxygen atoms in total. The van der Waals surface area contributed by atoms with Crippen molar-refractivity contribution in [2.75, 3.05) is 17.6 Å². The van der Waals surface area contributed by atoms with Crippen LogP contribution in [0, 0.1) is 13.8 Å². The number of ether oxygens (including phenoxy) is 1. The molecule has 0 saturated heterocycles. The van der Waals surface area contributed by atoms with Crippen LogP contribution in [0.3, 0.4) is 0 Å². The zero-order valence-corrected chi connectivity index (χ0v) is 12.0. The number of hydrogen-bond acceptors (Lipinski definition) is 7. The molecule has 0 saturated carbocycles. The Balaban J connectivity index is 2.46. The van der Waals surface area contributed by atoms with Gasteiger partial charge in [0.2, 0.25) is 5.89 Å². The summed E-state index contributed by atoms with van der Waals surface area (Å²) in [7, 11) is -2.56. The summed E-state index contributed by atoms with van der Waals surface area (Å²) in [5.74, 6) is 0.429. The van der Waals surface area contributed by atoms with Crippen molar-refractivity contribution in [2.24, 2.45) is 0 Å². The van der Waals surface area contributed by atoms with Crippen LogP contribution in [0.5, 0.6) is 5.75 Å². The Hall–Kier alpha value is -2.29. The number of nitrogen functional groups attached to an aromatic ring is 1. The van der Waals surface area contributed by atoms with Gasteiger partial charge in [-0.25, -0.2) is 13.1 Å². The number of hydrogen-bond donors (Lipinski definition) is 2. The second kappa shape index (κ2) is 5.00. The lowest BCUT2D eigenvalue weighted by Crippen LogP contribution is -2.15. The number of methoxy groups -OCH3 is 1. The third-order valence-corrected chi connectivity index (χ3v) is 3.93. The number of aromatic nitrogens is 2. The summed E-state index contributed by atoms with van der Waals surface area (Å²) in [6.45, 7) is 3.30. The van der Waals surface area contributed by atoms with Crippen molar-refractivity contribution in [1.82, 2.24) is 10.2 Å². The van der Waals surface area contributed by atoms with Gasteiger partial charge >= 0.3 is 6.01 Å². The molecule has 0 amide bonds. The highest BCUT2D eigenvalue weighted by Gasteiger charge is 2.23. The number of rotatable bonds is 4. The summed E-state index contributed by atoms with van der Waals surface area (Å²) >= 11 is 0. The van der Waals surface area contributed by atoms with E-state index in [1.165, 1.54) is 13.2 Å². The van der Waals surface area contributed by atoms with E-state index in [0.717, 1.165) is 5.56 Å². The van der Waals surface area contributed by atoms with Crippen molar-refractivity contribution in [3.8, 4) is 5.75 Å². The van der Waals surface area contributed by atoms with Gasteiger partial charge in [0.25, 0.3) is 10.0 Å². The van der Waals surface area contributed by atoms with E-state index in [9.17, 15) is 8.42 Å². The smallest absolute Gasteiger partial charge is 0.329 e. The van der Waals surface area contributed by atoms with Crippen molar-refractivity contribution in [1.29, 1.82) is 0 Å². The van der Waals surface area contributed by atoms with Gasteiger partial charge in [0.1, 0.15) is 10.6 Å². The Morgan fingerprint density at radius 3 is 2.55 bits per heavy atom. The molecular formula is C11H14N4O4S. The topological polar surface area (TPSA) is 120 Å². The highest BCUT2D eigenvalue weighted by Crippen LogP contribution is 2.30. The fourth-order valence-corrected chi connectivity index (χ4v) is 2.67. The average molecular weight is 298 g/mol. The molecule has 0 radical (unpaired) electrons. The van der Waals surface area contributed by atoms with E-state index in [1.807, 2.05) is 0 Å². The summed E-state index contributed by atoms with van der Waals surface area (Å²) in [5, 5.41) is 7.11. The predicted molar refractivity (Wildman–Crippen MR) is 72.0 cm³/mol. The van der Waals surface area contributed by atoms with Gasteiger partial charge in [-0.2, -0.15) is 0 Å². The fourth-order valence-electron chi connectivity index (χ4n) is 1.55. The van der Waals surface area contributed by atoms with Crippen LogP contribution in [0.2, 0.25) is 0 Å². The van der Waals surface area contributed by atoms with E-state index in [2.05, 4.69) is 14.9 Å². The lowest BCUT2D eigenvalue weighted by atomic mass is 10.2. The number of nitrogens with two attached hydrogens (primary N) is 1. The summed E-state index contributed by atoms with van der Waals surface area (Å²) < 4.78 is 36.8. The molecule has 0 aliphatic heterocycles. The van der Waals surface area contributed by atoms with Crippen LogP contribution in [0.25, 0.3) is 0 Å². The molecule has 9 heteroatoms. The summed E-state index contributed by atoms with van der Waals surface area (Å²) in [5.41, 5.74) is 6.80. The molecular weight excluding hydrogens is 284 g/mol. The highest BCUT2D eigenvalue weighted by molar-refractivity contribution is 7.92. The highest BCUT2D eigenvalue weighted by atomic mass is 32.2. The molecule has 2 aromatic rings. The molecule has 0 aliphatic carbocycles. The van der Waals surface area contributed by atoms with Gasteiger partial charge in [0.05, 0.1) is 7.11 Å². The van der Waals surface area contributed by atoms with Gasteiger partial charge in [-0.15, -0.1) is 5.10 Å². The maximum absolute atomic E-state index is 12.3. The van der Waals surface area contributed by atoms with Crippen molar-refractivity contribution in [3.63, 3.8) is 0 Å². The van der Waals surface area contributed by atoms with Gasteiger partial charge in [0, 0.05) is 12.6 Å². The molecule has 1 aromatic carbocycles. The lowest BCUT2D eigenvalue weighted by molar-refractivity contribution is 0.402. The zero-order valence-electron chi connectivity index (χ0n) is 11.2. The maximum atomic E-state index is 12.3. The minimum atomic E-state index is -3.93. The van der Waals surface area contributed by atoms with E-state index in [1.54, 1.807) is 19.9 Å². The molecule has 0 unspecified atom stereocenters. The molecule has 0 spiro atoms. The maximum Gasteiger partial charge on any atom is 0.329 e. The molecule has 108 valence electrons. The van der Waals surface area contributed by atoms with Gasteiger partial charge in [-0.3, -0.25) is 0 Å². The molecule has 0 atom stereocenters. The molecule has 0 fully saturated rings. The minimum Gasteiger partial charge on any atom is -0.495 e. The van der Waals surface area contributed by atoms with E-state index in [-0.39, 0.29) is 22.6 Å². The Bertz CT molecular complexity index is 739. The monoisotopic (exact) mass is 298 g/mol. The van der Waals surface area contributed by atoms with Crippen LogP contribution >= 0.6 is 0 Å². The minimum absolute atomic E-state index is 0.0982. The van der Waals surface area contributed by atoms with E-state index in [4.69, 9.17) is 14.9 Å². The van der Waals surface area contributed by atoms with Crippen LogP contribution in [0.15, 0.2) is 21.4 Å². The van der Waals surface area contributed by atoms with Crippen LogP contribution in [0.4, 0.5) is 11.7 Å². The van der Waals surface area contributed by atoms with E-state index in [0.29, 0.717) is 5.69 Å². The third-order valence-electron chi connectivity index (χ3n) is 2.59. The first-order valence-electron chi connectivity index (χ1n) is 5.60. The van der Waals surface area contributed by atoms with Crippen LogP contribution in [-0.2, 0) is 10.0 Å². The third kappa shape index (κ3) is 2.67. The molecule has 2 rings (SSSR count). The van der Waals surface area contributed by atoms with Crippen LogP contribution < -0.4 is 15.2 Å². The molecule has 20 heavy (non-hydrogen) atoms. The van der Waals surface area contributed by atoms with Gasteiger partial charge < -0.3 is 14.9 Å². The number of benzene rings is 1. The Morgan fingerprint density at radius 1 is 1.30 bits per heavy atom. The quantitative estimate of drug-likeness (QED) is 0.810. The van der Waals surface area contributed by atoms with Crippen LogP contribution in [0.1, 0.15) is 11.5 Å². The molecule has 0 bridgehead atoms. The Labute approximate surface area is 116 Å². The van der Waals surface area contributed by atoms with Crippen LogP contribution in [-0.4, -0.2) is 25.7 Å². The Morgan fingerprint density at radius 2 is 2.00 bits per heavy atom. The predicted octanol–water partition coefficient (Wildman–Crippen LogP) is 1.08. The molecule has 1 heterocycles. The first-order chi connectivity index (χ1) is 9.33. The number of nitrogens with one attached hydrogen (secondary N) is 1. The standard InChI is InChI=1S/C11H14N4O4S/c1-6-4-9(18-3)10(5-8(6)12)20(16,17)15-11-14-13-7(2)19-11/h4-5H,12H2,1-3H3,(H,14,15). The van der Waals surface area contributed by atoms with E-state index >= 15 is 0 Å². The zero-order chi connectivity index (χ0) is 14.9. The number of sulfonamides is 1. The van der Waals surface area contributed by atoms with E-state index < -0.39 is 10.0 Å². The molecule has 3 N–H and O–H groups in total. The first-order valence-corrected chi connectivity index (χ1v) is 7.09. The van der Waals surface area contributed by atoms with Crippen molar-refractivity contribution in [2.45, 2.75) is 18.7 Å². The molecule has 1 aromatic heterocycles. The second-order valence-electron chi connectivity index (χ2n) is 4.09. The van der Waals surface area contributed by atoms with Gasteiger partial charge in [-0.05, 0) is 24.6 Å². The number of nitrogens with zero attached hydrogens (tertiary/aromatic N) is 2. The number of aryl methyl sites for hydroxylation is 2. The van der Waals surface area contributed by atoms with Crippen molar-refractivity contribution < 1.29 is 17.6 Å². The summed E-state index contributed by atoms with van der Waals surface area (Å²) in [6.07, 6.45) is 0. The summed E-state index contributed by atoms with van der Waals surface area (Å²) in [4.78, 5) is -0.0982. The average Bonchev–Trinajstić information content (AvgIpc) is 2.76. The van der Waals surface area contributed by atoms with Crippen molar-refractivity contribution >= 4 is 21.7 Å². The first kappa shape index (κ1) is 14.1. The number of anilines is 2. The Kier molecular flexibility index (Phi) is 3.53. The largest absolute Gasteiger partial charge is 0.495 e. The van der Waals surface area contributed by atoms with Gasteiger partial charge in [-0.1, -0.05) is 5.10 Å².